The van der Waals surface area contributed by atoms with Gasteiger partial charge >= 0.3 is 5.97 Å². The fourth-order valence-electron chi connectivity index (χ4n) is 8.30. The first-order valence-corrected chi connectivity index (χ1v) is 20.0. The first kappa shape index (κ1) is 39.9. The number of allylic oxidation sites excluding steroid dienone is 1. The predicted octanol–water partition coefficient (Wildman–Crippen LogP) is 9.46. The minimum atomic E-state index is -0.540. The van der Waals surface area contributed by atoms with Crippen LogP contribution in [0.15, 0.2) is 72.3 Å². The number of nitrogens with one attached hydrogen (secondary N) is 1. The lowest BCUT2D eigenvalue weighted by molar-refractivity contribution is -0.130. The number of likely N-dealkylation sites (N-methyl/N-ethyl adjacent to an activating group) is 2. The van der Waals surface area contributed by atoms with Crippen molar-refractivity contribution in [2.75, 3.05) is 48.5 Å². The van der Waals surface area contributed by atoms with E-state index in [2.05, 4.69) is 68.1 Å². The maximum absolute atomic E-state index is 14.2. The molecule has 6 bridgehead atoms. The van der Waals surface area contributed by atoms with Crippen LogP contribution in [0.4, 0.5) is 0 Å². The lowest BCUT2D eigenvalue weighted by Crippen LogP contribution is -2.34. The normalized spacial score (nSPS) is 18.5. The van der Waals surface area contributed by atoms with Crippen LogP contribution in [-0.4, -0.2) is 70.5 Å². The van der Waals surface area contributed by atoms with Crippen LogP contribution >= 0.6 is 0 Å². The molecule has 0 saturated heterocycles. The van der Waals surface area contributed by atoms with Crippen molar-refractivity contribution in [2.24, 2.45) is 5.92 Å². The Morgan fingerprint density at radius 2 is 1.47 bits per heavy atom. The van der Waals surface area contributed by atoms with Gasteiger partial charge in [0, 0.05) is 42.5 Å². The first-order valence-electron chi connectivity index (χ1n) is 20.0. The van der Waals surface area contributed by atoms with Crippen molar-refractivity contribution in [2.45, 2.75) is 70.9 Å². The van der Waals surface area contributed by atoms with Gasteiger partial charge in [-0.05, 0) is 135 Å². The molecule has 4 aliphatic heterocycles. The third kappa shape index (κ3) is 8.38. The van der Waals surface area contributed by atoms with Gasteiger partial charge in [0.15, 0.2) is 34.5 Å². The quantitative estimate of drug-likeness (QED) is 0.0731. The monoisotopic (exact) mass is 773 g/mol. The Balaban J connectivity index is 1.45. The molecule has 4 aliphatic rings. The molecule has 0 spiro atoms. The molecule has 10 nitrogen and oxygen atoms in total. The van der Waals surface area contributed by atoms with Crippen LogP contribution in [0.1, 0.15) is 78.6 Å². The number of fused-ring (bicyclic) bond motifs is 2. The lowest BCUT2D eigenvalue weighted by Gasteiger charge is -2.37. The molecule has 3 atom stereocenters. The van der Waals surface area contributed by atoms with Gasteiger partial charge in [-0.3, -0.25) is 9.80 Å². The molecule has 4 aromatic carbocycles. The molecule has 0 aromatic heterocycles. The molecule has 8 rings (SSSR count). The highest BCUT2D eigenvalue weighted by Gasteiger charge is 2.36. The number of carbonyl (C=O) groups excluding carboxylic acids is 1. The minimum Gasteiger partial charge on any atom is -0.493 e. The molecule has 10 heteroatoms. The van der Waals surface area contributed by atoms with Gasteiger partial charge in [0.1, 0.15) is 5.75 Å². The summed E-state index contributed by atoms with van der Waals surface area (Å²) in [5.41, 5.74) is 6.95. The average molecular weight is 774 g/mol. The van der Waals surface area contributed by atoms with E-state index in [1.165, 1.54) is 17.2 Å². The summed E-state index contributed by atoms with van der Waals surface area (Å²) in [5.74, 6) is 4.00. The molecule has 0 aliphatic carbocycles. The summed E-state index contributed by atoms with van der Waals surface area (Å²) in [7, 11) is 9.18. The molecule has 0 fully saturated rings. The van der Waals surface area contributed by atoms with Crippen LogP contribution in [0.25, 0.3) is 0 Å². The number of hydrogen-bond acceptors (Lipinski definition) is 10. The van der Waals surface area contributed by atoms with E-state index < -0.39 is 5.97 Å². The Bertz CT molecular complexity index is 2150. The van der Waals surface area contributed by atoms with Gasteiger partial charge in [0.2, 0.25) is 5.75 Å². The lowest BCUT2D eigenvalue weighted by atomic mass is 9.87. The Labute approximate surface area is 336 Å². The fourth-order valence-corrected chi connectivity index (χ4v) is 8.30. The Kier molecular flexibility index (Phi) is 12.2. The van der Waals surface area contributed by atoms with Gasteiger partial charge in [0.05, 0.1) is 21.3 Å². The van der Waals surface area contributed by atoms with Crippen LogP contribution in [0.3, 0.4) is 0 Å². The molecular formula is C47H55N3O7. The van der Waals surface area contributed by atoms with Gasteiger partial charge < -0.3 is 33.8 Å². The molecule has 4 heterocycles. The third-order valence-electron chi connectivity index (χ3n) is 12.0. The number of esters is 1. The smallest absolute Gasteiger partial charge is 0.339 e. The van der Waals surface area contributed by atoms with E-state index in [-0.39, 0.29) is 17.8 Å². The van der Waals surface area contributed by atoms with E-state index >= 15 is 0 Å². The zero-order valence-corrected chi connectivity index (χ0v) is 34.3. The molecule has 0 saturated carbocycles. The predicted molar refractivity (Wildman–Crippen MR) is 222 cm³/mol. The van der Waals surface area contributed by atoms with E-state index in [0.29, 0.717) is 58.8 Å². The largest absolute Gasteiger partial charge is 0.493 e. The van der Waals surface area contributed by atoms with E-state index in [1.54, 1.807) is 21.3 Å². The summed E-state index contributed by atoms with van der Waals surface area (Å²) in [4.78, 5) is 18.9. The Hall–Kier alpha value is -5.32. The number of rotatable bonds is 10. The van der Waals surface area contributed by atoms with Gasteiger partial charge in [-0.25, -0.2) is 4.79 Å². The maximum Gasteiger partial charge on any atom is 0.339 e. The van der Waals surface area contributed by atoms with Gasteiger partial charge in [-0.15, -0.1) is 0 Å². The van der Waals surface area contributed by atoms with Crippen LogP contribution in [0.5, 0.6) is 46.0 Å². The van der Waals surface area contributed by atoms with E-state index in [9.17, 15) is 4.79 Å². The van der Waals surface area contributed by atoms with Crippen molar-refractivity contribution in [3.05, 3.63) is 106 Å². The second-order valence-electron chi connectivity index (χ2n) is 15.5. The highest BCUT2D eigenvalue weighted by atomic mass is 16.6. The summed E-state index contributed by atoms with van der Waals surface area (Å²) in [5, 5.41) is 7.86. The number of carbonyl (C=O) groups is 1. The first-order chi connectivity index (χ1) is 27.6. The van der Waals surface area contributed by atoms with Gasteiger partial charge in [0.25, 0.3) is 0 Å². The number of hydrogen-bond donors (Lipinski definition) is 1. The molecule has 0 amide bonds. The van der Waals surface area contributed by atoms with Crippen LogP contribution in [0.2, 0.25) is 0 Å². The summed E-state index contributed by atoms with van der Waals surface area (Å²) < 4.78 is 37.9. The SMILES string of the molecule is CCC(C)CC/C(=C\C=N)C(=O)Oc1c(OC)cc2c3c1Oc1cc4c(cc1OC)CCN(C)C4Cc1ccc(cc1)Oc1cc(ccc1OC)CC3N(C)CC2. The second-order valence-corrected chi connectivity index (χ2v) is 15.5. The number of benzene rings is 4. The number of ether oxygens (including phenoxy) is 6. The van der Waals surface area contributed by atoms with E-state index in [4.69, 9.17) is 33.8 Å². The van der Waals surface area contributed by atoms with Crippen molar-refractivity contribution in [3.63, 3.8) is 0 Å². The third-order valence-corrected chi connectivity index (χ3v) is 12.0. The highest BCUT2D eigenvalue weighted by Crippen LogP contribution is 2.52. The van der Waals surface area contributed by atoms with E-state index in [0.717, 1.165) is 79.4 Å². The zero-order chi connectivity index (χ0) is 40.2. The zero-order valence-electron chi connectivity index (χ0n) is 34.3. The summed E-state index contributed by atoms with van der Waals surface area (Å²) >= 11 is 0. The number of nitrogens with zero attached hydrogens (tertiary/aromatic N) is 2. The molecule has 4 aromatic rings. The van der Waals surface area contributed by atoms with Crippen molar-refractivity contribution in [3.8, 4) is 46.0 Å². The van der Waals surface area contributed by atoms with Gasteiger partial charge in [-0.2, -0.15) is 0 Å². The average Bonchev–Trinajstić information content (AvgIpc) is 3.22. The fraction of sp³-hybridized carbons (Fsp3) is 0.404. The summed E-state index contributed by atoms with van der Waals surface area (Å²) in [6.45, 7) is 6.00. The van der Waals surface area contributed by atoms with Crippen molar-refractivity contribution in [1.29, 1.82) is 5.41 Å². The van der Waals surface area contributed by atoms with Crippen molar-refractivity contribution < 1.29 is 33.2 Å². The van der Waals surface area contributed by atoms with Crippen LogP contribution in [-0.2, 0) is 30.5 Å². The molecule has 1 N–H and O–H groups in total. The molecular weight excluding hydrogens is 719 g/mol. The Morgan fingerprint density at radius 3 is 2.18 bits per heavy atom. The standard InChI is InChI=1S/C47H55N3O7/c1-8-29(2)9-13-32(17-20-48)47(51)57-45-43(54-7)27-34-19-22-50(4)38-24-31-12-16-39(52-5)41(25-31)55-35-14-10-30(11-15-35)23-37-36-28-42(56-46(45)44(34)38)40(53-6)26-33(36)18-21-49(37)3/h10-12,14-17,20,25-29,37-38,48H,8-9,13,18-19,21-24H2,1-7H3/b32-17+,48-20?. The topological polar surface area (TPSA) is 103 Å². The minimum absolute atomic E-state index is 0.0687. The summed E-state index contributed by atoms with van der Waals surface area (Å²) in [6, 6.07) is 20.4. The van der Waals surface area contributed by atoms with Crippen LogP contribution in [0, 0.1) is 11.3 Å². The highest BCUT2D eigenvalue weighted by molar-refractivity contribution is 5.95. The van der Waals surface area contributed by atoms with E-state index in [1.807, 2.05) is 30.3 Å². The van der Waals surface area contributed by atoms with Crippen LogP contribution < -0.4 is 28.4 Å². The molecule has 300 valence electrons. The second kappa shape index (κ2) is 17.4. The molecule has 0 radical (unpaired) electrons. The number of methoxy groups -OCH3 is 3. The maximum atomic E-state index is 14.2. The Morgan fingerprint density at radius 1 is 0.825 bits per heavy atom. The molecule has 57 heavy (non-hydrogen) atoms. The van der Waals surface area contributed by atoms with Crippen molar-refractivity contribution in [1.82, 2.24) is 9.80 Å². The summed E-state index contributed by atoms with van der Waals surface area (Å²) in [6.07, 6.45) is 7.92. The van der Waals surface area contributed by atoms with Crippen molar-refractivity contribution >= 4 is 12.2 Å². The molecule has 3 unspecified atom stereocenters. The van der Waals surface area contributed by atoms with Gasteiger partial charge in [-0.1, -0.05) is 38.5 Å².